The van der Waals surface area contributed by atoms with Gasteiger partial charge in [-0.1, -0.05) is 43.3 Å². The van der Waals surface area contributed by atoms with Crippen LogP contribution in [-0.4, -0.2) is 28.4 Å². The van der Waals surface area contributed by atoms with E-state index >= 15 is 0 Å². The molecule has 1 aliphatic heterocycles. The van der Waals surface area contributed by atoms with Gasteiger partial charge >= 0.3 is 5.97 Å². The minimum Gasteiger partial charge on any atom is -0.489 e. The SMILES string of the molecule is CC(=O)Nc1cc2c(s1)CCN(Cc1cccc(COc3ccc(C(C)CC(=O)O)cc3)c1)C2. The molecule has 4 rings (SSSR count). The summed E-state index contributed by atoms with van der Waals surface area (Å²) in [5, 5.41) is 12.8. The monoisotopic (exact) mass is 478 g/mol. The number of nitrogens with one attached hydrogen (secondary N) is 1. The van der Waals surface area contributed by atoms with Gasteiger partial charge in [0.25, 0.3) is 0 Å². The van der Waals surface area contributed by atoms with Crippen molar-refractivity contribution in [1.82, 2.24) is 4.90 Å². The third-order valence-electron chi connectivity index (χ3n) is 5.98. The molecule has 0 saturated carbocycles. The largest absolute Gasteiger partial charge is 0.489 e. The first kappa shape index (κ1) is 24.0. The van der Waals surface area contributed by atoms with Crippen LogP contribution in [0.15, 0.2) is 54.6 Å². The molecule has 1 aromatic heterocycles. The highest BCUT2D eigenvalue weighted by Crippen LogP contribution is 2.32. The van der Waals surface area contributed by atoms with Gasteiger partial charge < -0.3 is 15.2 Å². The molecule has 1 amide bonds. The maximum Gasteiger partial charge on any atom is 0.303 e. The second-order valence-electron chi connectivity index (χ2n) is 8.88. The molecule has 178 valence electrons. The Balaban J connectivity index is 1.31. The Morgan fingerprint density at radius 2 is 1.91 bits per heavy atom. The van der Waals surface area contributed by atoms with E-state index in [0.29, 0.717) is 6.61 Å². The van der Waals surface area contributed by atoms with Crippen molar-refractivity contribution in [3.63, 3.8) is 0 Å². The van der Waals surface area contributed by atoms with Crippen LogP contribution in [0.3, 0.4) is 0 Å². The van der Waals surface area contributed by atoms with E-state index in [1.807, 2.05) is 31.2 Å². The predicted octanol–water partition coefficient (Wildman–Crippen LogP) is 5.42. The second kappa shape index (κ2) is 10.8. The highest BCUT2D eigenvalue weighted by Gasteiger charge is 2.20. The number of amides is 1. The Labute approximate surface area is 204 Å². The van der Waals surface area contributed by atoms with Gasteiger partial charge in [-0.2, -0.15) is 0 Å². The van der Waals surface area contributed by atoms with Crippen molar-refractivity contribution in [2.75, 3.05) is 11.9 Å². The van der Waals surface area contributed by atoms with E-state index in [0.717, 1.165) is 47.9 Å². The number of carboxylic acids is 1. The first-order valence-corrected chi connectivity index (χ1v) is 12.3. The van der Waals surface area contributed by atoms with Crippen LogP contribution in [0.4, 0.5) is 5.00 Å². The normalized spacial score (nSPS) is 14.3. The van der Waals surface area contributed by atoms with Crippen LogP contribution < -0.4 is 10.1 Å². The van der Waals surface area contributed by atoms with Crippen LogP contribution in [0.2, 0.25) is 0 Å². The Hall–Kier alpha value is -3.16. The molecular weight excluding hydrogens is 448 g/mol. The molecule has 1 aliphatic rings. The van der Waals surface area contributed by atoms with E-state index in [2.05, 4.69) is 40.5 Å². The molecule has 34 heavy (non-hydrogen) atoms. The smallest absolute Gasteiger partial charge is 0.303 e. The van der Waals surface area contributed by atoms with Gasteiger partial charge in [0.1, 0.15) is 12.4 Å². The lowest BCUT2D eigenvalue weighted by molar-refractivity contribution is -0.137. The van der Waals surface area contributed by atoms with Crippen molar-refractivity contribution in [2.24, 2.45) is 0 Å². The first-order valence-electron chi connectivity index (χ1n) is 11.5. The zero-order valence-electron chi connectivity index (χ0n) is 19.5. The first-order chi connectivity index (χ1) is 16.4. The van der Waals surface area contributed by atoms with Gasteiger partial charge in [-0.25, -0.2) is 0 Å². The number of carboxylic acid groups (broad SMARTS) is 1. The van der Waals surface area contributed by atoms with Gasteiger partial charge in [0, 0.05) is 31.4 Å². The number of ether oxygens (including phenoxy) is 1. The molecule has 0 fully saturated rings. The summed E-state index contributed by atoms with van der Waals surface area (Å²) in [6.07, 6.45) is 1.12. The van der Waals surface area contributed by atoms with Crippen LogP contribution in [0.1, 0.15) is 53.3 Å². The molecule has 0 radical (unpaired) electrons. The Morgan fingerprint density at radius 1 is 1.15 bits per heavy atom. The molecule has 0 spiro atoms. The van der Waals surface area contributed by atoms with E-state index < -0.39 is 5.97 Å². The molecule has 1 unspecified atom stereocenters. The van der Waals surface area contributed by atoms with E-state index in [1.165, 1.54) is 16.0 Å². The molecular formula is C27H30N2O4S. The van der Waals surface area contributed by atoms with Gasteiger partial charge in [0.05, 0.1) is 11.4 Å². The van der Waals surface area contributed by atoms with Crippen molar-refractivity contribution >= 4 is 28.2 Å². The number of rotatable bonds is 9. The average molecular weight is 479 g/mol. The maximum absolute atomic E-state index is 11.3. The lowest BCUT2D eigenvalue weighted by Crippen LogP contribution is -2.29. The second-order valence-corrected chi connectivity index (χ2v) is 10.0. The number of nitrogens with zero attached hydrogens (tertiary/aromatic N) is 1. The van der Waals surface area contributed by atoms with E-state index in [-0.39, 0.29) is 18.2 Å². The molecule has 2 aromatic carbocycles. The summed E-state index contributed by atoms with van der Waals surface area (Å²) in [4.78, 5) is 26.1. The van der Waals surface area contributed by atoms with E-state index in [1.54, 1.807) is 18.3 Å². The zero-order valence-corrected chi connectivity index (χ0v) is 20.4. The van der Waals surface area contributed by atoms with Crippen LogP contribution in [0.25, 0.3) is 0 Å². The lowest BCUT2D eigenvalue weighted by Gasteiger charge is -2.26. The number of anilines is 1. The van der Waals surface area contributed by atoms with Crippen molar-refractivity contribution in [1.29, 1.82) is 0 Å². The zero-order chi connectivity index (χ0) is 24.1. The van der Waals surface area contributed by atoms with Crippen molar-refractivity contribution in [3.8, 4) is 5.75 Å². The van der Waals surface area contributed by atoms with Crippen LogP contribution >= 0.6 is 11.3 Å². The quantitative estimate of drug-likeness (QED) is 0.429. The number of carbonyl (C=O) groups excluding carboxylic acids is 1. The molecule has 2 heterocycles. The number of hydrogen-bond donors (Lipinski definition) is 2. The van der Waals surface area contributed by atoms with Gasteiger partial charge in [0.2, 0.25) is 5.91 Å². The van der Waals surface area contributed by atoms with Gasteiger partial charge in [0.15, 0.2) is 0 Å². The predicted molar refractivity (Wildman–Crippen MR) is 134 cm³/mol. The molecule has 6 nitrogen and oxygen atoms in total. The molecule has 0 bridgehead atoms. The van der Waals surface area contributed by atoms with Gasteiger partial charge in [-0.3, -0.25) is 14.5 Å². The van der Waals surface area contributed by atoms with Crippen LogP contribution in [0.5, 0.6) is 5.75 Å². The highest BCUT2D eigenvalue weighted by atomic mass is 32.1. The van der Waals surface area contributed by atoms with E-state index in [9.17, 15) is 9.59 Å². The Morgan fingerprint density at radius 3 is 2.65 bits per heavy atom. The summed E-state index contributed by atoms with van der Waals surface area (Å²) >= 11 is 1.68. The Bertz CT molecular complexity index is 1160. The number of fused-ring (bicyclic) bond motifs is 1. The minimum absolute atomic E-state index is 0.0276. The fraction of sp³-hybridized carbons (Fsp3) is 0.333. The molecule has 1 atom stereocenters. The lowest BCUT2D eigenvalue weighted by atomic mass is 9.98. The molecule has 0 aliphatic carbocycles. The molecule has 2 N–H and O–H groups in total. The topological polar surface area (TPSA) is 78.9 Å². The summed E-state index contributed by atoms with van der Waals surface area (Å²) in [5.74, 6) is -0.0752. The summed E-state index contributed by atoms with van der Waals surface area (Å²) in [7, 11) is 0. The fourth-order valence-corrected chi connectivity index (χ4v) is 5.39. The highest BCUT2D eigenvalue weighted by molar-refractivity contribution is 7.16. The summed E-state index contributed by atoms with van der Waals surface area (Å²) in [5.41, 5.74) is 4.67. The Kier molecular flexibility index (Phi) is 7.65. The maximum atomic E-state index is 11.3. The van der Waals surface area contributed by atoms with Crippen LogP contribution in [-0.2, 0) is 35.7 Å². The van der Waals surface area contributed by atoms with E-state index in [4.69, 9.17) is 9.84 Å². The summed E-state index contributed by atoms with van der Waals surface area (Å²) in [6, 6.07) is 18.3. The summed E-state index contributed by atoms with van der Waals surface area (Å²) in [6.45, 7) is 6.69. The van der Waals surface area contributed by atoms with Gasteiger partial charge in [-0.05, 0) is 52.8 Å². The fourth-order valence-electron chi connectivity index (χ4n) is 4.28. The van der Waals surface area contributed by atoms with Gasteiger partial charge in [-0.15, -0.1) is 11.3 Å². The molecule has 7 heteroatoms. The third-order valence-corrected chi connectivity index (χ3v) is 7.13. The average Bonchev–Trinajstić information content (AvgIpc) is 3.18. The number of thiophene rings is 1. The van der Waals surface area contributed by atoms with Crippen molar-refractivity contribution < 1.29 is 19.4 Å². The van der Waals surface area contributed by atoms with Crippen molar-refractivity contribution in [2.45, 2.75) is 52.3 Å². The van der Waals surface area contributed by atoms with Crippen molar-refractivity contribution in [3.05, 3.63) is 81.7 Å². The third kappa shape index (κ3) is 6.46. The number of carbonyl (C=O) groups is 2. The minimum atomic E-state index is -0.789. The number of hydrogen-bond acceptors (Lipinski definition) is 5. The number of benzene rings is 2. The molecule has 3 aromatic rings. The summed E-state index contributed by atoms with van der Waals surface area (Å²) < 4.78 is 5.97. The van der Waals surface area contributed by atoms with Crippen LogP contribution in [0, 0.1) is 0 Å². The molecule has 0 saturated heterocycles. The standard InChI is InChI=1S/C27H30N2O4S/c1-18(12-27(31)32)22-6-8-24(9-7-22)33-17-21-5-3-4-20(13-21)15-29-11-10-25-23(16-29)14-26(34-25)28-19(2)30/h3-9,13-14,18H,10-12,15-17H2,1-2H3,(H,28,30)(H,31,32). The number of aliphatic carboxylic acids is 1.